The van der Waals surface area contributed by atoms with Crippen LogP contribution in [0.5, 0.6) is 0 Å². The summed E-state index contributed by atoms with van der Waals surface area (Å²) in [6, 6.07) is 0. The Balaban J connectivity index is 2.18. The molecule has 0 aromatic heterocycles. The molecule has 0 aliphatic carbocycles. The van der Waals surface area contributed by atoms with Crippen molar-refractivity contribution in [2.24, 2.45) is 0 Å². The molecule has 0 N–H and O–H groups in total. The Morgan fingerprint density at radius 3 is 2.67 bits per heavy atom. The molecule has 3 heteroatoms. The lowest BCUT2D eigenvalue weighted by Gasteiger charge is -1.88. The Morgan fingerprint density at radius 2 is 2.50 bits per heavy atom. The number of rotatable bonds is 0. The maximum atomic E-state index is 4.85. The van der Waals surface area contributed by atoms with Gasteiger partial charge in [-0.3, -0.25) is 0 Å². The first kappa shape index (κ1) is 4.56. The lowest BCUT2D eigenvalue weighted by Crippen LogP contribution is -1.94. The third-order valence-corrected chi connectivity index (χ3v) is 1.11. The molecule has 1 atom stereocenters. The molecule has 1 aliphatic heterocycles. The molecule has 36 valence electrons. The quantitative estimate of drug-likeness (QED) is 0.477. The fourth-order valence-electron chi connectivity index (χ4n) is 0.311. The molecule has 1 rings (SSSR count). The van der Waals surface area contributed by atoms with Gasteiger partial charge in [0.05, 0.1) is 6.61 Å². The molecule has 0 saturated carbocycles. The van der Waals surface area contributed by atoms with E-state index in [1.807, 2.05) is 0 Å². The Morgan fingerprint density at radius 1 is 1.67 bits per heavy atom. The van der Waals surface area contributed by atoms with Crippen LogP contribution in [0.4, 0.5) is 0 Å². The molecule has 0 amide bonds. The van der Waals surface area contributed by atoms with E-state index in [4.69, 9.17) is 9.47 Å². The zero-order chi connectivity index (χ0) is 4.41. The number of ether oxygens (including phenoxy) is 2. The number of alkyl halides is 1. The smallest absolute Gasteiger partial charge is 0.148 e. The van der Waals surface area contributed by atoms with Gasteiger partial charge in [0, 0.05) is 0 Å². The summed E-state index contributed by atoms with van der Waals surface area (Å²) in [5.74, 6) is 0. The highest BCUT2D eigenvalue weighted by atomic mass is 79.9. The zero-order valence-electron chi connectivity index (χ0n) is 3.19. The van der Waals surface area contributed by atoms with Crippen molar-refractivity contribution in [2.75, 3.05) is 13.4 Å². The van der Waals surface area contributed by atoms with E-state index < -0.39 is 0 Å². The SMILES string of the molecule is BrC1COCO1. The summed E-state index contributed by atoms with van der Waals surface area (Å²) < 4.78 is 9.63. The maximum Gasteiger partial charge on any atom is 0.148 e. The Bertz CT molecular complexity index is 42.1. The summed E-state index contributed by atoms with van der Waals surface area (Å²) in [4.78, 5) is 0. The first-order valence-corrected chi connectivity index (χ1v) is 2.64. The van der Waals surface area contributed by atoms with Crippen molar-refractivity contribution in [3.05, 3.63) is 0 Å². The van der Waals surface area contributed by atoms with Crippen LogP contribution < -0.4 is 0 Å². The molecule has 1 fully saturated rings. The van der Waals surface area contributed by atoms with Crippen LogP contribution in [0.25, 0.3) is 0 Å². The van der Waals surface area contributed by atoms with Gasteiger partial charge in [0.25, 0.3) is 0 Å². The van der Waals surface area contributed by atoms with Crippen LogP contribution in [0.15, 0.2) is 0 Å². The minimum atomic E-state index is 0.137. The first-order chi connectivity index (χ1) is 2.89. The molecular formula is C3H5BrO2. The van der Waals surface area contributed by atoms with E-state index in [1.54, 1.807) is 0 Å². The third kappa shape index (κ3) is 0.929. The molecule has 6 heavy (non-hydrogen) atoms. The van der Waals surface area contributed by atoms with Crippen LogP contribution >= 0.6 is 15.9 Å². The molecule has 0 spiro atoms. The van der Waals surface area contributed by atoms with E-state index in [1.165, 1.54) is 0 Å². The molecule has 1 heterocycles. The maximum absolute atomic E-state index is 4.85. The second-order valence-corrected chi connectivity index (χ2v) is 2.09. The van der Waals surface area contributed by atoms with Gasteiger partial charge < -0.3 is 9.47 Å². The molecular weight excluding hydrogens is 148 g/mol. The second kappa shape index (κ2) is 1.91. The number of hydrogen-bond donors (Lipinski definition) is 0. The molecule has 0 bridgehead atoms. The van der Waals surface area contributed by atoms with Crippen molar-refractivity contribution < 1.29 is 9.47 Å². The van der Waals surface area contributed by atoms with Gasteiger partial charge in [-0.2, -0.15) is 0 Å². The highest BCUT2D eigenvalue weighted by Gasteiger charge is 2.09. The minimum Gasteiger partial charge on any atom is -0.352 e. The molecule has 1 saturated heterocycles. The van der Waals surface area contributed by atoms with Crippen molar-refractivity contribution in [1.29, 1.82) is 0 Å². The van der Waals surface area contributed by atoms with E-state index in [2.05, 4.69) is 15.9 Å². The third-order valence-electron chi connectivity index (χ3n) is 0.581. The van der Waals surface area contributed by atoms with Gasteiger partial charge in [-0.1, -0.05) is 15.9 Å². The summed E-state index contributed by atoms with van der Waals surface area (Å²) in [5, 5.41) is 0.137. The molecule has 2 nitrogen and oxygen atoms in total. The molecule has 0 radical (unpaired) electrons. The van der Waals surface area contributed by atoms with Crippen molar-refractivity contribution in [3.8, 4) is 0 Å². The van der Waals surface area contributed by atoms with Crippen molar-refractivity contribution in [2.45, 2.75) is 5.01 Å². The second-order valence-electron chi connectivity index (χ2n) is 1.07. The van der Waals surface area contributed by atoms with E-state index in [0.29, 0.717) is 13.4 Å². The molecule has 0 aromatic carbocycles. The fourth-order valence-corrected chi connectivity index (χ4v) is 0.606. The number of hydrogen-bond acceptors (Lipinski definition) is 2. The molecule has 1 unspecified atom stereocenters. The average Bonchev–Trinajstić information content (AvgIpc) is 1.86. The van der Waals surface area contributed by atoms with Crippen molar-refractivity contribution in [3.63, 3.8) is 0 Å². The Kier molecular flexibility index (Phi) is 1.45. The monoisotopic (exact) mass is 152 g/mol. The predicted molar refractivity (Wildman–Crippen MR) is 24.6 cm³/mol. The summed E-state index contributed by atoms with van der Waals surface area (Å²) in [5.41, 5.74) is 0. The highest BCUT2D eigenvalue weighted by Crippen LogP contribution is 2.07. The minimum absolute atomic E-state index is 0.137. The zero-order valence-corrected chi connectivity index (χ0v) is 4.77. The molecule has 1 aliphatic rings. The van der Waals surface area contributed by atoms with Crippen molar-refractivity contribution >= 4 is 15.9 Å². The van der Waals surface area contributed by atoms with E-state index in [0.717, 1.165) is 0 Å². The largest absolute Gasteiger partial charge is 0.352 e. The van der Waals surface area contributed by atoms with Gasteiger partial charge in [-0.05, 0) is 0 Å². The van der Waals surface area contributed by atoms with Gasteiger partial charge in [0.1, 0.15) is 11.8 Å². The highest BCUT2D eigenvalue weighted by molar-refractivity contribution is 9.09. The Hall–Kier alpha value is 0.400. The van der Waals surface area contributed by atoms with Crippen LogP contribution in [0, 0.1) is 0 Å². The van der Waals surface area contributed by atoms with Crippen LogP contribution in [-0.4, -0.2) is 18.4 Å². The van der Waals surface area contributed by atoms with Gasteiger partial charge in [-0.25, -0.2) is 0 Å². The summed E-state index contributed by atoms with van der Waals surface area (Å²) >= 11 is 3.19. The van der Waals surface area contributed by atoms with Crippen LogP contribution in [-0.2, 0) is 9.47 Å². The van der Waals surface area contributed by atoms with Gasteiger partial charge in [-0.15, -0.1) is 0 Å². The topological polar surface area (TPSA) is 18.5 Å². The lowest BCUT2D eigenvalue weighted by molar-refractivity contribution is 0.0651. The predicted octanol–water partition coefficient (Wildman–Crippen LogP) is 0.712. The van der Waals surface area contributed by atoms with Crippen molar-refractivity contribution in [1.82, 2.24) is 0 Å². The van der Waals surface area contributed by atoms with Gasteiger partial charge in [0.2, 0.25) is 0 Å². The number of halogens is 1. The average molecular weight is 153 g/mol. The van der Waals surface area contributed by atoms with E-state index in [9.17, 15) is 0 Å². The summed E-state index contributed by atoms with van der Waals surface area (Å²) in [6.07, 6.45) is 0. The fraction of sp³-hybridized carbons (Fsp3) is 1.00. The first-order valence-electron chi connectivity index (χ1n) is 1.73. The van der Waals surface area contributed by atoms with E-state index in [-0.39, 0.29) is 5.01 Å². The van der Waals surface area contributed by atoms with E-state index >= 15 is 0 Å². The lowest BCUT2D eigenvalue weighted by atomic mass is 10.8. The van der Waals surface area contributed by atoms with Crippen LogP contribution in [0.2, 0.25) is 0 Å². The normalized spacial score (nSPS) is 34.5. The molecule has 0 aromatic rings. The van der Waals surface area contributed by atoms with Crippen LogP contribution in [0.1, 0.15) is 0 Å². The summed E-state index contributed by atoms with van der Waals surface area (Å²) in [6.45, 7) is 1.12. The van der Waals surface area contributed by atoms with Crippen LogP contribution in [0.3, 0.4) is 0 Å². The summed E-state index contributed by atoms with van der Waals surface area (Å²) in [7, 11) is 0. The van der Waals surface area contributed by atoms with Gasteiger partial charge in [0.15, 0.2) is 0 Å². The van der Waals surface area contributed by atoms with Gasteiger partial charge >= 0.3 is 0 Å². The standard InChI is InChI=1S/C3H5BrO2/c4-3-1-5-2-6-3/h3H,1-2H2. The Labute approximate surface area is 44.6 Å².